The van der Waals surface area contributed by atoms with E-state index >= 15 is 0 Å². The number of hydrogen-bond acceptors (Lipinski definition) is 3. The van der Waals surface area contributed by atoms with E-state index in [1.165, 1.54) is 0 Å². The molecule has 1 unspecified atom stereocenters. The van der Waals surface area contributed by atoms with Gasteiger partial charge >= 0.3 is 0 Å². The van der Waals surface area contributed by atoms with Crippen molar-refractivity contribution >= 4 is 16.8 Å². The lowest BCUT2D eigenvalue weighted by Crippen LogP contribution is -2.03. The number of nitrogens with zero attached hydrogens (tertiary/aromatic N) is 3. The summed E-state index contributed by atoms with van der Waals surface area (Å²) in [5, 5.41) is 10.3. The third kappa shape index (κ3) is 2.17. The molecule has 2 heterocycles. The zero-order valence-electron chi connectivity index (χ0n) is 12.4. The maximum Gasteiger partial charge on any atom is 0.227 e. The second kappa shape index (κ2) is 5.45. The summed E-state index contributed by atoms with van der Waals surface area (Å²) in [5.41, 5.74) is 3.40. The van der Waals surface area contributed by atoms with E-state index in [0.717, 1.165) is 22.0 Å². The standard InChI is InChI=1S/C18H15N3O/c1-12(16-10-20-8-7-14(16)9-19)17-11-21(13(2)22)18-6-4-3-5-15(17)18/h3-8,10-12H,1-2H3. The molecule has 0 aliphatic rings. The van der Waals surface area contributed by atoms with E-state index in [-0.39, 0.29) is 11.8 Å². The molecule has 3 rings (SSSR count). The van der Waals surface area contributed by atoms with Gasteiger partial charge in [-0.05, 0) is 23.3 Å². The number of benzene rings is 1. The number of para-hydroxylation sites is 1. The summed E-state index contributed by atoms with van der Waals surface area (Å²) in [5.74, 6) is -0.0461. The molecule has 1 aromatic carbocycles. The molecule has 0 fully saturated rings. The molecule has 0 radical (unpaired) electrons. The highest BCUT2D eigenvalue weighted by atomic mass is 16.1. The van der Waals surface area contributed by atoms with Gasteiger partial charge in [-0.1, -0.05) is 25.1 Å². The summed E-state index contributed by atoms with van der Waals surface area (Å²) in [4.78, 5) is 16.0. The van der Waals surface area contributed by atoms with Gasteiger partial charge in [0.25, 0.3) is 0 Å². The van der Waals surface area contributed by atoms with Crippen molar-refractivity contribution in [1.82, 2.24) is 9.55 Å². The molecule has 0 saturated carbocycles. The Balaban J connectivity index is 2.22. The van der Waals surface area contributed by atoms with Crippen molar-refractivity contribution in [2.45, 2.75) is 19.8 Å². The first-order valence-electron chi connectivity index (χ1n) is 7.08. The topological polar surface area (TPSA) is 58.7 Å². The molecular weight excluding hydrogens is 274 g/mol. The normalized spacial score (nSPS) is 12.0. The Morgan fingerprint density at radius 2 is 2.05 bits per heavy atom. The molecular formula is C18H15N3O. The van der Waals surface area contributed by atoms with Crippen molar-refractivity contribution in [1.29, 1.82) is 5.26 Å². The fourth-order valence-electron chi connectivity index (χ4n) is 2.83. The average molecular weight is 289 g/mol. The van der Waals surface area contributed by atoms with Gasteiger partial charge in [0.15, 0.2) is 0 Å². The lowest BCUT2D eigenvalue weighted by atomic mass is 9.91. The van der Waals surface area contributed by atoms with Crippen molar-refractivity contribution in [2.24, 2.45) is 0 Å². The maximum atomic E-state index is 11.9. The predicted molar refractivity (Wildman–Crippen MR) is 84.7 cm³/mol. The van der Waals surface area contributed by atoms with Crippen molar-refractivity contribution < 1.29 is 4.79 Å². The summed E-state index contributed by atoms with van der Waals surface area (Å²) >= 11 is 0. The van der Waals surface area contributed by atoms with Crippen molar-refractivity contribution in [2.75, 3.05) is 0 Å². The summed E-state index contributed by atoms with van der Waals surface area (Å²) in [6.45, 7) is 3.58. The molecule has 4 heteroatoms. The van der Waals surface area contributed by atoms with Crippen LogP contribution in [0.1, 0.15) is 41.3 Å². The lowest BCUT2D eigenvalue weighted by Gasteiger charge is -2.12. The van der Waals surface area contributed by atoms with Crippen LogP contribution in [0.2, 0.25) is 0 Å². The molecule has 0 spiro atoms. The minimum absolute atomic E-state index is 0.0196. The van der Waals surface area contributed by atoms with Gasteiger partial charge in [-0.2, -0.15) is 5.26 Å². The zero-order valence-corrected chi connectivity index (χ0v) is 12.4. The summed E-state index contributed by atoms with van der Waals surface area (Å²) in [6, 6.07) is 11.7. The number of aromatic nitrogens is 2. The third-order valence-electron chi connectivity index (χ3n) is 3.99. The molecule has 108 valence electrons. The molecule has 0 saturated heterocycles. The van der Waals surface area contributed by atoms with E-state index in [9.17, 15) is 10.1 Å². The average Bonchev–Trinajstić information content (AvgIpc) is 2.94. The molecule has 22 heavy (non-hydrogen) atoms. The second-order valence-electron chi connectivity index (χ2n) is 5.29. The van der Waals surface area contributed by atoms with Gasteiger partial charge in [0, 0.05) is 36.8 Å². The predicted octanol–water partition coefficient (Wildman–Crippen LogP) is 3.72. The van der Waals surface area contributed by atoms with Crippen LogP contribution in [-0.4, -0.2) is 15.5 Å². The van der Waals surface area contributed by atoms with Crippen LogP contribution in [0, 0.1) is 11.3 Å². The second-order valence-corrected chi connectivity index (χ2v) is 5.29. The summed E-state index contributed by atoms with van der Waals surface area (Å²) in [7, 11) is 0. The Morgan fingerprint density at radius 3 is 2.77 bits per heavy atom. The molecule has 0 N–H and O–H groups in total. The summed E-state index contributed by atoms with van der Waals surface area (Å²) in [6.07, 6.45) is 5.21. The fraction of sp³-hybridized carbons (Fsp3) is 0.167. The number of pyridine rings is 1. The molecule has 3 aromatic rings. The van der Waals surface area contributed by atoms with Crippen molar-refractivity contribution in [3.63, 3.8) is 0 Å². The molecule has 1 atom stereocenters. The Bertz CT molecular complexity index is 902. The minimum Gasteiger partial charge on any atom is -0.287 e. The monoisotopic (exact) mass is 289 g/mol. The molecule has 4 nitrogen and oxygen atoms in total. The van der Waals surface area contributed by atoms with Crippen LogP contribution < -0.4 is 0 Å². The Labute approximate surface area is 128 Å². The number of fused-ring (bicyclic) bond motifs is 1. The number of hydrogen-bond donors (Lipinski definition) is 0. The SMILES string of the molecule is CC(=O)n1cc(C(C)c2cnccc2C#N)c2ccccc21. The van der Waals surface area contributed by atoms with Crippen LogP contribution in [0.4, 0.5) is 0 Å². The van der Waals surface area contributed by atoms with Gasteiger partial charge in [-0.15, -0.1) is 0 Å². The Morgan fingerprint density at radius 1 is 1.27 bits per heavy atom. The number of nitriles is 1. The first-order valence-corrected chi connectivity index (χ1v) is 7.08. The van der Waals surface area contributed by atoms with Gasteiger partial charge in [0.1, 0.15) is 0 Å². The van der Waals surface area contributed by atoms with Crippen molar-refractivity contribution in [3.8, 4) is 6.07 Å². The minimum atomic E-state index is -0.0265. The summed E-state index contributed by atoms with van der Waals surface area (Å²) < 4.78 is 1.66. The molecule has 2 aromatic heterocycles. The Hall–Kier alpha value is -2.93. The van der Waals surface area contributed by atoms with E-state index < -0.39 is 0 Å². The highest BCUT2D eigenvalue weighted by Gasteiger charge is 2.19. The van der Waals surface area contributed by atoms with E-state index in [2.05, 4.69) is 11.1 Å². The smallest absolute Gasteiger partial charge is 0.227 e. The lowest BCUT2D eigenvalue weighted by molar-refractivity contribution is 0.0941. The van der Waals surface area contributed by atoms with Gasteiger partial charge in [0.05, 0.1) is 17.1 Å². The Kier molecular flexibility index (Phi) is 3.48. The van der Waals surface area contributed by atoms with Gasteiger partial charge in [-0.3, -0.25) is 14.3 Å². The highest BCUT2D eigenvalue weighted by molar-refractivity contribution is 5.94. The zero-order chi connectivity index (χ0) is 15.7. The van der Waals surface area contributed by atoms with E-state index in [4.69, 9.17) is 0 Å². The third-order valence-corrected chi connectivity index (χ3v) is 3.99. The molecule has 0 aliphatic heterocycles. The first kappa shape index (κ1) is 14.0. The van der Waals surface area contributed by atoms with Crippen LogP contribution in [0.3, 0.4) is 0 Å². The van der Waals surface area contributed by atoms with Crippen LogP contribution >= 0.6 is 0 Å². The quantitative estimate of drug-likeness (QED) is 0.722. The van der Waals surface area contributed by atoms with Crippen LogP contribution in [0.15, 0.2) is 48.9 Å². The number of carbonyl (C=O) groups is 1. The number of carbonyl (C=O) groups excluding carboxylic acids is 1. The molecule has 0 amide bonds. The fourth-order valence-corrected chi connectivity index (χ4v) is 2.83. The van der Waals surface area contributed by atoms with Gasteiger partial charge in [0.2, 0.25) is 5.91 Å². The first-order chi connectivity index (χ1) is 10.6. The maximum absolute atomic E-state index is 11.9. The molecule has 0 bridgehead atoms. The van der Waals surface area contributed by atoms with Crippen LogP contribution in [-0.2, 0) is 0 Å². The largest absolute Gasteiger partial charge is 0.287 e. The van der Waals surface area contributed by atoms with Crippen LogP contribution in [0.25, 0.3) is 10.9 Å². The van der Waals surface area contributed by atoms with E-state index in [0.29, 0.717) is 5.56 Å². The highest BCUT2D eigenvalue weighted by Crippen LogP contribution is 2.33. The van der Waals surface area contributed by atoms with E-state index in [1.54, 1.807) is 30.0 Å². The van der Waals surface area contributed by atoms with Crippen LogP contribution in [0.5, 0.6) is 0 Å². The van der Waals surface area contributed by atoms with E-state index in [1.807, 2.05) is 37.4 Å². The molecule has 0 aliphatic carbocycles. The van der Waals surface area contributed by atoms with Gasteiger partial charge in [-0.25, -0.2) is 0 Å². The van der Waals surface area contributed by atoms with Crippen molar-refractivity contribution in [3.05, 3.63) is 65.6 Å². The van der Waals surface area contributed by atoms with Gasteiger partial charge < -0.3 is 0 Å². The number of rotatable bonds is 2.